The number of ether oxygens (including phenoxy) is 2. The number of thiazole rings is 1. The summed E-state index contributed by atoms with van der Waals surface area (Å²) >= 11 is 1.26. The van der Waals surface area contributed by atoms with Crippen molar-refractivity contribution in [1.29, 1.82) is 0 Å². The van der Waals surface area contributed by atoms with E-state index in [0.717, 1.165) is 11.6 Å². The molecule has 1 amide bonds. The van der Waals surface area contributed by atoms with Crippen molar-refractivity contribution in [2.45, 2.75) is 19.6 Å². The molecule has 0 bridgehead atoms. The van der Waals surface area contributed by atoms with Gasteiger partial charge in [0.25, 0.3) is 5.91 Å². The number of benzene rings is 3. The van der Waals surface area contributed by atoms with E-state index in [0.29, 0.717) is 35.4 Å². The van der Waals surface area contributed by atoms with E-state index in [4.69, 9.17) is 13.9 Å². The molecule has 0 saturated heterocycles. The van der Waals surface area contributed by atoms with Gasteiger partial charge in [-0.05, 0) is 48.4 Å². The number of nitrogens with zero attached hydrogens (tertiary/aromatic N) is 2. The van der Waals surface area contributed by atoms with Crippen LogP contribution in [0.5, 0.6) is 11.5 Å². The van der Waals surface area contributed by atoms with E-state index in [9.17, 15) is 14.0 Å². The summed E-state index contributed by atoms with van der Waals surface area (Å²) in [4.78, 5) is 33.0. The van der Waals surface area contributed by atoms with Gasteiger partial charge >= 0.3 is 0 Å². The van der Waals surface area contributed by atoms with Crippen LogP contribution in [-0.4, -0.2) is 17.5 Å². The third kappa shape index (κ3) is 4.10. The number of aromatic nitrogens is 1. The summed E-state index contributed by atoms with van der Waals surface area (Å²) in [5.74, 6) is -0.155. The van der Waals surface area contributed by atoms with Crippen LogP contribution in [0.4, 0.5) is 9.52 Å². The molecule has 0 radical (unpaired) electrons. The van der Waals surface area contributed by atoms with Gasteiger partial charge in [-0.3, -0.25) is 14.5 Å². The maximum Gasteiger partial charge on any atom is 0.297 e. The third-order valence-electron chi connectivity index (χ3n) is 6.28. The largest absolute Gasteiger partial charge is 0.490 e. The number of rotatable bonds is 7. The molecule has 5 aromatic rings. The molecular formula is C29H21FN2O5S. The van der Waals surface area contributed by atoms with Gasteiger partial charge in [-0.2, -0.15) is 0 Å². The number of carbonyl (C=O) groups excluding carboxylic acids is 1. The van der Waals surface area contributed by atoms with Crippen molar-refractivity contribution in [1.82, 2.24) is 4.98 Å². The van der Waals surface area contributed by atoms with Crippen molar-refractivity contribution < 1.29 is 23.1 Å². The molecule has 3 aromatic carbocycles. The maximum atomic E-state index is 14.0. The van der Waals surface area contributed by atoms with Crippen molar-refractivity contribution in [3.05, 3.63) is 117 Å². The quantitative estimate of drug-likeness (QED) is 0.253. The fourth-order valence-electron chi connectivity index (χ4n) is 4.61. The predicted octanol–water partition coefficient (Wildman–Crippen LogP) is 6.12. The van der Waals surface area contributed by atoms with E-state index in [2.05, 4.69) is 4.98 Å². The van der Waals surface area contributed by atoms with E-state index < -0.39 is 23.2 Å². The van der Waals surface area contributed by atoms with Crippen molar-refractivity contribution in [3.8, 4) is 11.5 Å². The molecule has 38 heavy (non-hydrogen) atoms. The molecule has 2 aromatic heterocycles. The van der Waals surface area contributed by atoms with E-state index in [1.54, 1.807) is 29.8 Å². The smallest absolute Gasteiger partial charge is 0.297 e. The Labute approximate surface area is 220 Å². The lowest BCUT2D eigenvalue weighted by molar-refractivity contribution is 0.0971. The number of hydrogen-bond acceptors (Lipinski definition) is 7. The number of fused-ring (bicyclic) bond motifs is 2. The van der Waals surface area contributed by atoms with Gasteiger partial charge < -0.3 is 13.9 Å². The Morgan fingerprint density at radius 2 is 1.87 bits per heavy atom. The number of halogens is 1. The second-order valence-electron chi connectivity index (χ2n) is 8.62. The van der Waals surface area contributed by atoms with Gasteiger partial charge in [-0.25, -0.2) is 9.37 Å². The van der Waals surface area contributed by atoms with Gasteiger partial charge in [-0.1, -0.05) is 36.4 Å². The molecule has 1 aliphatic heterocycles. The van der Waals surface area contributed by atoms with Crippen molar-refractivity contribution in [2.75, 3.05) is 11.5 Å². The minimum atomic E-state index is -0.852. The van der Waals surface area contributed by atoms with Crippen LogP contribution in [0.2, 0.25) is 0 Å². The van der Waals surface area contributed by atoms with Gasteiger partial charge in [-0.15, -0.1) is 11.3 Å². The van der Waals surface area contributed by atoms with Gasteiger partial charge in [0.05, 0.1) is 23.6 Å². The Bertz CT molecular complexity index is 1700. The Morgan fingerprint density at radius 1 is 1.03 bits per heavy atom. The number of amides is 1. The van der Waals surface area contributed by atoms with Gasteiger partial charge in [0, 0.05) is 11.6 Å². The van der Waals surface area contributed by atoms with Crippen LogP contribution >= 0.6 is 11.3 Å². The van der Waals surface area contributed by atoms with E-state index in [1.807, 2.05) is 37.3 Å². The van der Waals surface area contributed by atoms with Crippen LogP contribution in [0.3, 0.4) is 0 Å². The molecule has 1 atom stereocenters. The Hall–Kier alpha value is -4.50. The van der Waals surface area contributed by atoms with Crippen LogP contribution in [0.15, 0.2) is 87.5 Å². The molecule has 3 heterocycles. The summed E-state index contributed by atoms with van der Waals surface area (Å²) in [5, 5.41) is 2.22. The van der Waals surface area contributed by atoms with Crippen LogP contribution in [0.25, 0.3) is 11.0 Å². The molecule has 1 unspecified atom stereocenters. The second kappa shape index (κ2) is 9.75. The Morgan fingerprint density at radius 3 is 2.63 bits per heavy atom. The number of carbonyl (C=O) groups is 1. The highest BCUT2D eigenvalue weighted by molar-refractivity contribution is 7.13. The minimum absolute atomic E-state index is 0.0652. The summed E-state index contributed by atoms with van der Waals surface area (Å²) in [6.45, 7) is 2.59. The van der Waals surface area contributed by atoms with Crippen LogP contribution in [0.1, 0.15) is 40.2 Å². The maximum absolute atomic E-state index is 14.0. The standard InChI is InChI=1S/C29H21FN2O5S/c1-2-35-23-14-18(8-10-22(23)36-16-17-6-4-3-5-7-17)25-24-26(33)20-15-19(30)9-11-21(20)37-27(24)28(34)32(25)29-31-12-13-38-29/h3-15,25H,2,16H2,1H3. The number of hydrogen-bond donors (Lipinski definition) is 0. The Balaban J connectivity index is 1.49. The minimum Gasteiger partial charge on any atom is -0.490 e. The van der Waals surface area contributed by atoms with Crippen molar-refractivity contribution >= 4 is 33.3 Å². The van der Waals surface area contributed by atoms with Crippen LogP contribution in [0, 0.1) is 5.82 Å². The van der Waals surface area contributed by atoms with Gasteiger partial charge in [0.1, 0.15) is 18.0 Å². The van der Waals surface area contributed by atoms with E-state index >= 15 is 0 Å². The monoisotopic (exact) mass is 528 g/mol. The summed E-state index contributed by atoms with van der Waals surface area (Å²) in [7, 11) is 0. The summed E-state index contributed by atoms with van der Waals surface area (Å²) in [5.41, 5.74) is 1.40. The average molecular weight is 529 g/mol. The highest BCUT2D eigenvalue weighted by Gasteiger charge is 2.45. The van der Waals surface area contributed by atoms with E-state index in [1.165, 1.54) is 28.4 Å². The topological polar surface area (TPSA) is 81.9 Å². The SMILES string of the molecule is CCOc1cc(C2c3c(oc4ccc(F)cc4c3=O)C(=O)N2c2nccs2)ccc1OCc1ccccc1. The Kier molecular flexibility index (Phi) is 6.13. The highest BCUT2D eigenvalue weighted by Crippen LogP contribution is 2.44. The molecule has 190 valence electrons. The summed E-state index contributed by atoms with van der Waals surface area (Å²) < 4.78 is 31.9. The molecule has 0 saturated carbocycles. The molecule has 1 aliphatic rings. The third-order valence-corrected chi connectivity index (χ3v) is 7.05. The molecule has 0 spiro atoms. The lowest BCUT2D eigenvalue weighted by Gasteiger charge is -2.23. The first-order valence-electron chi connectivity index (χ1n) is 12.0. The zero-order chi connectivity index (χ0) is 26.2. The molecular weight excluding hydrogens is 507 g/mol. The average Bonchev–Trinajstić information content (AvgIpc) is 3.56. The van der Waals surface area contributed by atoms with Gasteiger partial charge in [0.15, 0.2) is 22.1 Å². The lowest BCUT2D eigenvalue weighted by Crippen LogP contribution is -2.29. The zero-order valence-electron chi connectivity index (χ0n) is 20.2. The molecule has 9 heteroatoms. The fourth-order valence-corrected chi connectivity index (χ4v) is 5.28. The first-order chi connectivity index (χ1) is 18.5. The van der Waals surface area contributed by atoms with Gasteiger partial charge in [0.2, 0.25) is 5.76 Å². The zero-order valence-corrected chi connectivity index (χ0v) is 21.0. The fraction of sp³-hybridized carbons (Fsp3) is 0.138. The highest BCUT2D eigenvalue weighted by atomic mass is 32.1. The van der Waals surface area contributed by atoms with E-state index in [-0.39, 0.29) is 22.3 Å². The summed E-state index contributed by atoms with van der Waals surface area (Å²) in [6.07, 6.45) is 1.58. The molecule has 6 rings (SSSR count). The number of anilines is 1. The predicted molar refractivity (Wildman–Crippen MR) is 142 cm³/mol. The van der Waals surface area contributed by atoms with Crippen LogP contribution in [-0.2, 0) is 6.61 Å². The molecule has 7 nitrogen and oxygen atoms in total. The first-order valence-corrected chi connectivity index (χ1v) is 12.9. The van der Waals surface area contributed by atoms with Crippen molar-refractivity contribution in [2.24, 2.45) is 0 Å². The second-order valence-corrected chi connectivity index (χ2v) is 9.49. The molecule has 0 N–H and O–H groups in total. The first kappa shape index (κ1) is 23.9. The molecule has 0 aliphatic carbocycles. The van der Waals surface area contributed by atoms with Crippen LogP contribution < -0.4 is 19.8 Å². The normalized spacial score (nSPS) is 14.6. The molecule has 0 fully saturated rings. The van der Waals surface area contributed by atoms with Crippen molar-refractivity contribution in [3.63, 3.8) is 0 Å². The lowest BCUT2D eigenvalue weighted by atomic mass is 9.98. The summed E-state index contributed by atoms with van der Waals surface area (Å²) in [6, 6.07) is 17.9.